The lowest BCUT2D eigenvalue weighted by molar-refractivity contribution is -0.192. The van der Waals surface area contributed by atoms with Gasteiger partial charge in [-0.1, -0.05) is 11.3 Å². The number of carboxylic acids is 1. The molecule has 3 atom stereocenters. The minimum absolute atomic E-state index is 0.0786. The minimum atomic E-state index is -5.08. The third-order valence-corrected chi connectivity index (χ3v) is 5.63. The lowest BCUT2D eigenvalue weighted by Gasteiger charge is -2.30. The Labute approximate surface area is 174 Å². The fourth-order valence-corrected chi connectivity index (χ4v) is 4.19. The molecular weight excluding hydrogens is 425 g/mol. The van der Waals surface area contributed by atoms with E-state index in [0.717, 1.165) is 41.7 Å². The molecule has 0 spiro atoms. The van der Waals surface area contributed by atoms with Crippen molar-refractivity contribution in [3.8, 4) is 0 Å². The van der Waals surface area contributed by atoms with E-state index < -0.39 is 12.1 Å². The molecule has 1 aliphatic carbocycles. The molecule has 0 amide bonds. The van der Waals surface area contributed by atoms with Gasteiger partial charge in [0, 0.05) is 18.9 Å². The van der Waals surface area contributed by atoms with Crippen molar-refractivity contribution in [3.05, 3.63) is 35.1 Å². The number of fused-ring (bicyclic) bond motifs is 2. The number of hydrogen-bond acceptors (Lipinski definition) is 8. The van der Waals surface area contributed by atoms with Crippen LogP contribution >= 0.6 is 11.3 Å². The number of hydrogen-bond donors (Lipinski definition) is 1. The number of aromatic nitrogens is 3. The van der Waals surface area contributed by atoms with Crippen molar-refractivity contribution in [1.29, 1.82) is 0 Å². The molecule has 1 saturated carbocycles. The molecule has 164 valence electrons. The first-order valence-corrected chi connectivity index (χ1v) is 10.1. The number of aliphatic carboxylic acids is 1. The first kappa shape index (κ1) is 22.4. The summed E-state index contributed by atoms with van der Waals surface area (Å²) < 4.78 is 44.0. The van der Waals surface area contributed by atoms with Crippen molar-refractivity contribution >= 4 is 22.4 Å². The van der Waals surface area contributed by atoms with Crippen LogP contribution in [-0.2, 0) is 20.9 Å². The quantitative estimate of drug-likeness (QED) is 0.766. The molecule has 2 bridgehead atoms. The van der Waals surface area contributed by atoms with E-state index in [-0.39, 0.29) is 12.2 Å². The van der Waals surface area contributed by atoms with Crippen LogP contribution in [-0.4, -0.2) is 63.8 Å². The summed E-state index contributed by atoms with van der Waals surface area (Å²) in [6.07, 6.45) is 0.890. The SMILES string of the molecule is Cc1nnc(N2CCOC3CCC2C3OCc2ccncc2)s1.O=C(O)C(F)(F)F. The maximum absolute atomic E-state index is 10.6. The number of aryl methyl sites for hydroxylation is 1. The summed E-state index contributed by atoms with van der Waals surface area (Å²) in [5, 5.41) is 17.6. The Kier molecular flexibility index (Phi) is 7.21. The highest BCUT2D eigenvalue weighted by Gasteiger charge is 2.44. The van der Waals surface area contributed by atoms with E-state index in [0.29, 0.717) is 12.6 Å². The van der Waals surface area contributed by atoms with E-state index in [1.807, 2.05) is 19.1 Å². The number of ether oxygens (including phenoxy) is 2. The molecule has 1 aliphatic heterocycles. The molecule has 2 fully saturated rings. The largest absolute Gasteiger partial charge is 0.490 e. The van der Waals surface area contributed by atoms with Gasteiger partial charge in [-0.25, -0.2) is 4.79 Å². The Hall–Kier alpha value is -2.31. The van der Waals surface area contributed by atoms with Crippen LogP contribution in [0, 0.1) is 6.92 Å². The van der Waals surface area contributed by atoms with Crippen LogP contribution in [0.15, 0.2) is 24.5 Å². The fourth-order valence-electron chi connectivity index (χ4n) is 3.42. The van der Waals surface area contributed by atoms with Crippen LogP contribution < -0.4 is 4.90 Å². The van der Waals surface area contributed by atoms with E-state index >= 15 is 0 Å². The highest BCUT2D eigenvalue weighted by Crippen LogP contribution is 2.36. The maximum Gasteiger partial charge on any atom is 0.490 e. The zero-order valence-electron chi connectivity index (χ0n) is 16.1. The summed E-state index contributed by atoms with van der Waals surface area (Å²) in [4.78, 5) is 15.3. The highest BCUT2D eigenvalue weighted by atomic mass is 32.1. The van der Waals surface area contributed by atoms with Crippen LogP contribution in [0.25, 0.3) is 0 Å². The van der Waals surface area contributed by atoms with Crippen LogP contribution in [0.3, 0.4) is 0 Å². The van der Waals surface area contributed by atoms with Gasteiger partial charge in [0.25, 0.3) is 0 Å². The lowest BCUT2D eigenvalue weighted by atomic mass is 10.1. The number of carbonyl (C=O) groups is 1. The molecule has 1 N–H and O–H groups in total. The molecule has 2 aliphatic rings. The molecule has 0 aromatic carbocycles. The zero-order chi connectivity index (χ0) is 21.7. The Morgan fingerprint density at radius 2 is 2.03 bits per heavy atom. The second-order valence-electron chi connectivity index (χ2n) is 6.78. The van der Waals surface area contributed by atoms with E-state index in [4.69, 9.17) is 19.4 Å². The summed E-state index contributed by atoms with van der Waals surface area (Å²) in [6.45, 7) is 4.15. The van der Waals surface area contributed by atoms with Crippen molar-refractivity contribution in [1.82, 2.24) is 15.2 Å². The average Bonchev–Trinajstić information content (AvgIpc) is 3.24. The molecule has 1 saturated heterocycles. The predicted molar refractivity (Wildman–Crippen MR) is 101 cm³/mol. The van der Waals surface area contributed by atoms with Gasteiger partial charge in [0.1, 0.15) is 11.1 Å². The van der Waals surface area contributed by atoms with Gasteiger partial charge in [0.15, 0.2) is 0 Å². The van der Waals surface area contributed by atoms with Crippen molar-refractivity contribution in [2.75, 3.05) is 18.1 Å². The van der Waals surface area contributed by atoms with E-state index in [9.17, 15) is 13.2 Å². The van der Waals surface area contributed by atoms with Gasteiger partial charge < -0.3 is 19.5 Å². The Bertz CT molecular complexity index is 836. The number of pyridine rings is 1. The monoisotopic (exact) mass is 446 g/mol. The van der Waals surface area contributed by atoms with E-state index in [1.54, 1.807) is 23.7 Å². The average molecular weight is 446 g/mol. The molecule has 3 heterocycles. The van der Waals surface area contributed by atoms with Crippen molar-refractivity contribution in [2.45, 2.75) is 50.8 Å². The third-order valence-electron chi connectivity index (χ3n) is 4.75. The number of rotatable bonds is 4. The number of alkyl halides is 3. The third kappa shape index (κ3) is 5.64. The molecule has 30 heavy (non-hydrogen) atoms. The molecule has 12 heteroatoms. The molecule has 8 nitrogen and oxygen atoms in total. The Morgan fingerprint density at radius 1 is 1.33 bits per heavy atom. The normalized spacial score (nSPS) is 23.5. The topological polar surface area (TPSA) is 97.7 Å². The zero-order valence-corrected chi connectivity index (χ0v) is 16.9. The molecule has 0 radical (unpaired) electrons. The molecule has 2 aromatic rings. The molecule has 4 rings (SSSR count). The van der Waals surface area contributed by atoms with Crippen LogP contribution in [0.4, 0.5) is 18.3 Å². The lowest BCUT2D eigenvalue weighted by Crippen LogP contribution is -2.43. The fraction of sp³-hybridized carbons (Fsp3) is 0.556. The number of anilines is 1. The van der Waals surface area contributed by atoms with Gasteiger partial charge in [-0.05, 0) is 37.5 Å². The smallest absolute Gasteiger partial charge is 0.475 e. The molecule has 2 aromatic heterocycles. The maximum atomic E-state index is 10.6. The van der Waals surface area contributed by atoms with Crippen LogP contribution in [0.1, 0.15) is 23.4 Å². The van der Waals surface area contributed by atoms with Gasteiger partial charge in [0.05, 0.1) is 25.4 Å². The highest BCUT2D eigenvalue weighted by molar-refractivity contribution is 7.15. The molecular formula is C18H21F3N4O4S. The Morgan fingerprint density at radius 3 is 2.63 bits per heavy atom. The summed E-state index contributed by atoms with van der Waals surface area (Å²) in [5.74, 6) is -2.76. The molecule has 3 unspecified atom stereocenters. The van der Waals surface area contributed by atoms with E-state index in [1.165, 1.54) is 0 Å². The van der Waals surface area contributed by atoms with Gasteiger partial charge in [-0.3, -0.25) is 4.98 Å². The summed E-state index contributed by atoms with van der Waals surface area (Å²) in [7, 11) is 0. The van der Waals surface area contributed by atoms with Gasteiger partial charge in [0.2, 0.25) is 5.13 Å². The van der Waals surface area contributed by atoms with Gasteiger partial charge in [-0.2, -0.15) is 13.2 Å². The van der Waals surface area contributed by atoms with Crippen LogP contribution in [0.5, 0.6) is 0 Å². The summed E-state index contributed by atoms with van der Waals surface area (Å²) in [5.41, 5.74) is 1.14. The van der Waals surface area contributed by atoms with Gasteiger partial charge >= 0.3 is 12.1 Å². The van der Waals surface area contributed by atoms with E-state index in [2.05, 4.69) is 20.1 Å². The summed E-state index contributed by atoms with van der Waals surface area (Å²) >= 11 is 1.64. The van der Waals surface area contributed by atoms with Crippen molar-refractivity contribution in [3.63, 3.8) is 0 Å². The van der Waals surface area contributed by atoms with Crippen molar-refractivity contribution < 1.29 is 32.5 Å². The second kappa shape index (κ2) is 9.67. The first-order valence-electron chi connectivity index (χ1n) is 9.24. The second-order valence-corrected chi connectivity index (χ2v) is 7.95. The minimum Gasteiger partial charge on any atom is -0.475 e. The number of carboxylic acid groups (broad SMARTS) is 1. The van der Waals surface area contributed by atoms with Gasteiger partial charge in [-0.15, -0.1) is 10.2 Å². The summed E-state index contributed by atoms with van der Waals surface area (Å²) in [6, 6.07) is 4.30. The first-order chi connectivity index (χ1) is 14.3. The van der Waals surface area contributed by atoms with Crippen molar-refractivity contribution in [2.24, 2.45) is 0 Å². The number of halogens is 3. The number of nitrogens with zero attached hydrogens (tertiary/aromatic N) is 4. The predicted octanol–water partition coefficient (Wildman–Crippen LogP) is 2.83. The standard InChI is InChI=1S/C16H20N4O2S.C2HF3O2/c1-11-18-19-16(23-11)20-8-9-21-14-3-2-13(20)15(14)22-10-12-4-6-17-7-5-12;3-2(4,5)1(6)7/h4-7,13-15H,2-3,8-10H2,1H3;(H,6,7). The van der Waals surface area contributed by atoms with Crippen LogP contribution in [0.2, 0.25) is 0 Å². The Balaban J connectivity index is 0.000000318.